The number of anilines is 2. The molecular formula is C27H30N2O5S. The summed E-state index contributed by atoms with van der Waals surface area (Å²) in [6.45, 7) is 3.34. The molecule has 0 fully saturated rings. The van der Waals surface area contributed by atoms with Gasteiger partial charge in [-0.1, -0.05) is 43.7 Å². The van der Waals surface area contributed by atoms with Crippen molar-refractivity contribution in [1.82, 2.24) is 0 Å². The van der Waals surface area contributed by atoms with Crippen molar-refractivity contribution < 1.29 is 23.1 Å². The molecule has 7 nitrogen and oxygen atoms in total. The molecule has 0 saturated heterocycles. The second-order valence-electron chi connectivity index (χ2n) is 8.33. The normalized spacial score (nSPS) is 12.1. The quantitative estimate of drug-likeness (QED) is 0.340. The number of sulfone groups is 1. The smallest absolute Gasteiger partial charge is 0.335 e. The zero-order valence-electron chi connectivity index (χ0n) is 19.8. The molecule has 1 atom stereocenters. The number of hydrogen-bond acceptors (Lipinski definition) is 5. The first-order chi connectivity index (χ1) is 16.7. The number of aromatic carboxylic acids is 1. The third-order valence-electron chi connectivity index (χ3n) is 5.65. The molecule has 0 aliphatic carbocycles. The van der Waals surface area contributed by atoms with E-state index in [0.29, 0.717) is 31.4 Å². The van der Waals surface area contributed by atoms with Gasteiger partial charge < -0.3 is 15.7 Å². The van der Waals surface area contributed by atoms with E-state index >= 15 is 0 Å². The Morgan fingerprint density at radius 2 is 1.57 bits per heavy atom. The van der Waals surface area contributed by atoms with Gasteiger partial charge in [0.1, 0.15) is 5.37 Å². The molecule has 0 spiro atoms. The highest BCUT2D eigenvalue weighted by molar-refractivity contribution is 7.92. The molecule has 3 aromatic carbocycles. The van der Waals surface area contributed by atoms with Crippen LogP contribution in [0.1, 0.15) is 48.2 Å². The molecule has 1 unspecified atom stereocenters. The van der Waals surface area contributed by atoms with Crippen LogP contribution in [0.3, 0.4) is 0 Å². The van der Waals surface area contributed by atoms with Gasteiger partial charge in [0.2, 0.25) is 5.91 Å². The molecule has 3 N–H and O–H groups in total. The fourth-order valence-electron chi connectivity index (χ4n) is 3.81. The summed E-state index contributed by atoms with van der Waals surface area (Å²) in [6, 6.07) is 20.6. The number of carboxylic acids is 1. The average molecular weight is 495 g/mol. The van der Waals surface area contributed by atoms with Crippen LogP contribution in [0, 0.1) is 0 Å². The molecule has 35 heavy (non-hydrogen) atoms. The third-order valence-corrected chi connectivity index (χ3v) is 7.68. The molecule has 184 valence electrons. The number of aryl methyl sites for hydroxylation is 2. The van der Waals surface area contributed by atoms with Crippen molar-refractivity contribution in [3.63, 3.8) is 0 Å². The first-order valence-electron chi connectivity index (χ1n) is 11.5. The lowest BCUT2D eigenvalue weighted by Crippen LogP contribution is -2.30. The predicted molar refractivity (Wildman–Crippen MR) is 138 cm³/mol. The molecule has 8 heteroatoms. The Labute approximate surface area is 206 Å². The number of hydrogen-bond donors (Lipinski definition) is 3. The van der Waals surface area contributed by atoms with Gasteiger partial charge in [0.15, 0.2) is 9.84 Å². The van der Waals surface area contributed by atoms with E-state index in [1.165, 1.54) is 19.1 Å². The Morgan fingerprint density at radius 1 is 0.914 bits per heavy atom. The van der Waals surface area contributed by atoms with Crippen molar-refractivity contribution in [2.24, 2.45) is 0 Å². The maximum absolute atomic E-state index is 13.4. The number of para-hydroxylation sites is 1. The van der Waals surface area contributed by atoms with Crippen molar-refractivity contribution >= 4 is 33.1 Å². The summed E-state index contributed by atoms with van der Waals surface area (Å²) >= 11 is 0. The van der Waals surface area contributed by atoms with E-state index in [2.05, 4.69) is 10.6 Å². The van der Waals surface area contributed by atoms with Crippen LogP contribution in [0.15, 0.2) is 77.7 Å². The highest BCUT2D eigenvalue weighted by Gasteiger charge is 2.27. The van der Waals surface area contributed by atoms with E-state index in [1.807, 2.05) is 31.2 Å². The van der Waals surface area contributed by atoms with Crippen LogP contribution in [-0.2, 0) is 27.5 Å². The van der Waals surface area contributed by atoms with Crippen LogP contribution in [0.2, 0.25) is 0 Å². The standard InChI is InChI=1S/C27H30N2O5S/c1-3-6-26(35(33,34)24-17-15-23(16-18-24)28-19(2)30)29-25-8-5-4-7-21(25)12-9-20-10-13-22(14-11-20)27(31)32/h4-5,7-8,10-11,13-18,26,29H,3,6,9,12H2,1-2H3,(H,28,30)(H,31,32). The number of rotatable bonds is 11. The Hall–Kier alpha value is -3.65. The van der Waals surface area contributed by atoms with E-state index in [9.17, 15) is 18.0 Å². The van der Waals surface area contributed by atoms with Crippen molar-refractivity contribution in [2.75, 3.05) is 10.6 Å². The Kier molecular flexibility index (Phi) is 8.65. The number of amides is 1. The van der Waals surface area contributed by atoms with Crippen molar-refractivity contribution in [3.05, 3.63) is 89.5 Å². The maximum atomic E-state index is 13.4. The lowest BCUT2D eigenvalue weighted by atomic mass is 10.0. The van der Waals surface area contributed by atoms with Gasteiger partial charge in [-0.05, 0) is 72.9 Å². The topological polar surface area (TPSA) is 113 Å². The molecule has 0 aliphatic heterocycles. The minimum absolute atomic E-state index is 0.188. The molecular weight excluding hydrogens is 464 g/mol. The second-order valence-corrected chi connectivity index (χ2v) is 10.5. The molecule has 0 heterocycles. The Balaban J connectivity index is 1.78. The van der Waals surface area contributed by atoms with Crippen LogP contribution >= 0.6 is 0 Å². The van der Waals surface area contributed by atoms with Gasteiger partial charge in [0, 0.05) is 18.3 Å². The van der Waals surface area contributed by atoms with Gasteiger partial charge in [0.05, 0.1) is 10.5 Å². The molecule has 1 amide bonds. The Morgan fingerprint density at radius 3 is 2.17 bits per heavy atom. The van der Waals surface area contributed by atoms with Gasteiger partial charge in [0.25, 0.3) is 0 Å². The van der Waals surface area contributed by atoms with E-state index in [1.54, 1.807) is 36.4 Å². The SMILES string of the molecule is CCCC(Nc1ccccc1CCc1ccc(C(=O)O)cc1)S(=O)(=O)c1ccc(NC(C)=O)cc1. The number of nitrogens with one attached hydrogen (secondary N) is 2. The number of carboxylic acid groups (broad SMARTS) is 1. The average Bonchev–Trinajstić information content (AvgIpc) is 2.83. The highest BCUT2D eigenvalue weighted by atomic mass is 32.2. The summed E-state index contributed by atoms with van der Waals surface area (Å²) in [5.41, 5.74) is 3.52. The molecule has 3 aromatic rings. The summed E-state index contributed by atoms with van der Waals surface area (Å²) in [4.78, 5) is 22.5. The van der Waals surface area contributed by atoms with E-state index in [-0.39, 0.29) is 16.4 Å². The molecule has 0 bridgehead atoms. The number of carbonyl (C=O) groups excluding carboxylic acids is 1. The number of benzene rings is 3. The first kappa shape index (κ1) is 26.0. The van der Waals surface area contributed by atoms with E-state index in [4.69, 9.17) is 5.11 Å². The van der Waals surface area contributed by atoms with Gasteiger partial charge in [-0.25, -0.2) is 13.2 Å². The highest BCUT2D eigenvalue weighted by Crippen LogP contribution is 2.26. The number of carbonyl (C=O) groups is 2. The van der Waals surface area contributed by atoms with Crippen molar-refractivity contribution in [3.8, 4) is 0 Å². The first-order valence-corrected chi connectivity index (χ1v) is 13.0. The fraction of sp³-hybridized carbons (Fsp3) is 0.259. The van der Waals surface area contributed by atoms with Crippen LogP contribution in [0.25, 0.3) is 0 Å². The molecule has 0 aromatic heterocycles. The lowest BCUT2D eigenvalue weighted by molar-refractivity contribution is -0.114. The maximum Gasteiger partial charge on any atom is 0.335 e. The summed E-state index contributed by atoms with van der Waals surface area (Å²) in [5.74, 6) is -1.18. The second kappa shape index (κ2) is 11.7. The zero-order valence-corrected chi connectivity index (χ0v) is 20.6. The molecule has 0 aliphatic rings. The van der Waals surface area contributed by atoms with Gasteiger partial charge in [-0.2, -0.15) is 0 Å². The Bertz CT molecular complexity index is 1270. The predicted octanol–water partition coefficient (Wildman–Crippen LogP) is 5.14. The van der Waals surface area contributed by atoms with E-state index < -0.39 is 21.2 Å². The van der Waals surface area contributed by atoms with Gasteiger partial charge in [-0.3, -0.25) is 4.79 Å². The minimum atomic E-state index is -3.68. The third kappa shape index (κ3) is 6.93. The largest absolute Gasteiger partial charge is 0.478 e. The summed E-state index contributed by atoms with van der Waals surface area (Å²) in [7, 11) is -3.68. The van der Waals surface area contributed by atoms with Crippen LogP contribution < -0.4 is 10.6 Å². The molecule has 0 radical (unpaired) electrons. The van der Waals surface area contributed by atoms with Gasteiger partial charge in [-0.15, -0.1) is 0 Å². The van der Waals surface area contributed by atoms with Crippen LogP contribution in [0.5, 0.6) is 0 Å². The van der Waals surface area contributed by atoms with E-state index in [0.717, 1.165) is 16.8 Å². The summed E-state index contributed by atoms with van der Waals surface area (Å²) < 4.78 is 26.9. The molecule has 3 rings (SSSR count). The fourth-order valence-corrected chi connectivity index (χ4v) is 5.48. The lowest BCUT2D eigenvalue weighted by Gasteiger charge is -2.22. The van der Waals surface area contributed by atoms with Gasteiger partial charge >= 0.3 is 5.97 Å². The minimum Gasteiger partial charge on any atom is -0.478 e. The molecule has 0 saturated carbocycles. The van der Waals surface area contributed by atoms with Crippen LogP contribution in [0.4, 0.5) is 11.4 Å². The summed E-state index contributed by atoms with van der Waals surface area (Å²) in [5, 5.41) is 14.2. The van der Waals surface area contributed by atoms with Crippen molar-refractivity contribution in [2.45, 2.75) is 49.8 Å². The zero-order chi connectivity index (χ0) is 25.4. The van der Waals surface area contributed by atoms with Crippen molar-refractivity contribution in [1.29, 1.82) is 0 Å². The van der Waals surface area contributed by atoms with Crippen LogP contribution in [-0.4, -0.2) is 30.8 Å². The monoisotopic (exact) mass is 494 g/mol. The summed E-state index contributed by atoms with van der Waals surface area (Å²) in [6.07, 6.45) is 2.47.